The van der Waals surface area contributed by atoms with Gasteiger partial charge in [0.2, 0.25) is 0 Å². The van der Waals surface area contributed by atoms with Crippen LogP contribution in [0.2, 0.25) is 5.02 Å². The molecule has 1 unspecified atom stereocenters. The van der Waals surface area contributed by atoms with Gasteiger partial charge >= 0.3 is 12.0 Å². The maximum atomic E-state index is 14.3. The smallest absolute Gasteiger partial charge is 0.323 e. The molecule has 2 amide bonds. The molecule has 1 fully saturated rings. The van der Waals surface area contributed by atoms with E-state index < -0.39 is 11.8 Å². The van der Waals surface area contributed by atoms with Gasteiger partial charge in [-0.1, -0.05) is 48.0 Å². The van der Waals surface area contributed by atoms with Crippen LogP contribution in [0.5, 0.6) is 0 Å². The van der Waals surface area contributed by atoms with E-state index in [-0.39, 0.29) is 29.0 Å². The Labute approximate surface area is 239 Å². The molecule has 0 aromatic heterocycles. The fourth-order valence-corrected chi connectivity index (χ4v) is 5.28. The minimum atomic E-state index is -0.630. The van der Waals surface area contributed by atoms with Crippen LogP contribution < -0.4 is 15.5 Å². The zero-order valence-corrected chi connectivity index (χ0v) is 23.5. The first kappa shape index (κ1) is 29.4. The van der Waals surface area contributed by atoms with Crippen LogP contribution >= 0.6 is 11.6 Å². The SMILES string of the molecule is CCOC(=O)CC(COC)c1ccc(N2CCC(c3ccccc3)CC2)c(NC(=O)Nc2ccc(Cl)cc2F)c1. The quantitative estimate of drug-likeness (QED) is 0.253. The van der Waals surface area contributed by atoms with Crippen LogP contribution in [0.3, 0.4) is 0 Å². The molecule has 1 heterocycles. The maximum Gasteiger partial charge on any atom is 0.323 e. The van der Waals surface area contributed by atoms with Crippen LogP contribution in [0.4, 0.5) is 26.2 Å². The number of benzene rings is 3. The summed E-state index contributed by atoms with van der Waals surface area (Å²) in [7, 11) is 1.58. The van der Waals surface area contributed by atoms with Crippen molar-refractivity contribution in [2.45, 2.75) is 38.0 Å². The molecule has 7 nitrogen and oxygen atoms in total. The lowest BCUT2D eigenvalue weighted by molar-refractivity contribution is -0.143. The number of esters is 1. The van der Waals surface area contributed by atoms with E-state index in [4.69, 9.17) is 21.1 Å². The summed E-state index contributed by atoms with van der Waals surface area (Å²) in [6.45, 7) is 3.99. The van der Waals surface area contributed by atoms with Crippen LogP contribution in [0, 0.1) is 5.82 Å². The van der Waals surface area contributed by atoms with E-state index in [0.717, 1.165) is 43.2 Å². The zero-order valence-electron chi connectivity index (χ0n) is 22.8. The maximum absolute atomic E-state index is 14.3. The van der Waals surface area contributed by atoms with E-state index in [0.29, 0.717) is 24.8 Å². The topological polar surface area (TPSA) is 79.9 Å². The highest BCUT2D eigenvalue weighted by molar-refractivity contribution is 6.30. The van der Waals surface area contributed by atoms with Crippen molar-refractivity contribution < 1.29 is 23.5 Å². The number of methoxy groups -OCH3 is 1. The molecular formula is C31H35ClFN3O4. The third kappa shape index (κ3) is 7.73. The fourth-order valence-electron chi connectivity index (χ4n) is 5.12. The van der Waals surface area contributed by atoms with Crippen molar-refractivity contribution in [2.75, 3.05) is 48.9 Å². The Bertz CT molecular complexity index is 1300. The molecule has 9 heteroatoms. The molecule has 1 aliphatic heterocycles. The summed E-state index contributed by atoms with van der Waals surface area (Å²) in [5.41, 5.74) is 3.59. The molecule has 3 aromatic rings. The molecule has 4 rings (SSSR count). The van der Waals surface area contributed by atoms with Crippen LogP contribution in [-0.4, -0.2) is 45.4 Å². The number of hydrogen-bond acceptors (Lipinski definition) is 5. The summed E-state index contributed by atoms with van der Waals surface area (Å²) < 4.78 is 24.9. The monoisotopic (exact) mass is 567 g/mol. The Morgan fingerprint density at radius 1 is 1.02 bits per heavy atom. The molecule has 0 spiro atoms. The number of nitrogens with one attached hydrogen (secondary N) is 2. The Hall–Kier alpha value is -3.62. The summed E-state index contributed by atoms with van der Waals surface area (Å²) in [4.78, 5) is 27.5. The standard InChI is InChI=1S/C31H35ClFN3O4/c1-3-40-30(37)18-24(20-39-2)23-9-12-29(36-15-13-22(14-16-36)21-7-5-4-6-8-21)28(17-23)35-31(38)34-27-11-10-25(32)19-26(27)33/h4-12,17,19,22,24H,3,13-16,18,20H2,1-2H3,(H2,34,35,38). The lowest BCUT2D eigenvalue weighted by Gasteiger charge is -2.35. The largest absolute Gasteiger partial charge is 0.466 e. The number of nitrogens with zero attached hydrogens (tertiary/aromatic N) is 1. The van der Waals surface area contributed by atoms with Crippen molar-refractivity contribution >= 4 is 40.7 Å². The summed E-state index contributed by atoms with van der Waals surface area (Å²) >= 11 is 5.85. The predicted octanol–water partition coefficient (Wildman–Crippen LogP) is 7.19. The van der Waals surface area contributed by atoms with E-state index in [1.54, 1.807) is 14.0 Å². The highest BCUT2D eigenvalue weighted by atomic mass is 35.5. The Morgan fingerprint density at radius 3 is 2.42 bits per heavy atom. The number of anilines is 3. The zero-order chi connectivity index (χ0) is 28.5. The van der Waals surface area contributed by atoms with Crippen molar-refractivity contribution in [1.29, 1.82) is 0 Å². The molecule has 2 N–H and O–H groups in total. The molecule has 0 radical (unpaired) electrons. The number of halogens is 2. The van der Waals surface area contributed by atoms with Crippen LogP contribution in [0.15, 0.2) is 66.7 Å². The van der Waals surface area contributed by atoms with Crippen molar-refractivity contribution in [1.82, 2.24) is 0 Å². The van der Waals surface area contributed by atoms with Gasteiger partial charge in [0.05, 0.1) is 36.7 Å². The van der Waals surface area contributed by atoms with Gasteiger partial charge in [-0.05, 0) is 67.1 Å². The number of ether oxygens (including phenoxy) is 2. The molecule has 40 heavy (non-hydrogen) atoms. The second-order valence-electron chi connectivity index (χ2n) is 9.81. The van der Waals surface area contributed by atoms with Crippen molar-refractivity contribution in [3.8, 4) is 0 Å². The molecule has 1 saturated heterocycles. The van der Waals surface area contributed by atoms with E-state index in [1.807, 2.05) is 24.3 Å². The van der Waals surface area contributed by atoms with Gasteiger partial charge in [0, 0.05) is 31.1 Å². The van der Waals surface area contributed by atoms with Gasteiger partial charge in [-0.2, -0.15) is 0 Å². The first-order chi connectivity index (χ1) is 19.4. The Kier molecular flexibility index (Phi) is 10.4. The average molecular weight is 568 g/mol. The first-order valence-corrected chi connectivity index (χ1v) is 13.9. The van der Waals surface area contributed by atoms with Crippen molar-refractivity contribution in [3.63, 3.8) is 0 Å². The Morgan fingerprint density at radius 2 is 1.75 bits per heavy atom. The second-order valence-corrected chi connectivity index (χ2v) is 10.2. The molecule has 1 atom stereocenters. The van der Waals surface area contributed by atoms with Crippen molar-refractivity contribution in [2.24, 2.45) is 0 Å². The molecule has 212 valence electrons. The molecule has 0 saturated carbocycles. The highest BCUT2D eigenvalue weighted by Gasteiger charge is 2.25. The molecule has 0 aliphatic carbocycles. The lowest BCUT2D eigenvalue weighted by atomic mass is 9.89. The van der Waals surface area contributed by atoms with E-state index in [1.165, 1.54) is 17.7 Å². The molecule has 3 aromatic carbocycles. The fraction of sp³-hybridized carbons (Fsp3) is 0.355. The molecular weight excluding hydrogens is 533 g/mol. The van der Waals surface area contributed by atoms with Crippen molar-refractivity contribution in [3.05, 3.63) is 88.7 Å². The minimum absolute atomic E-state index is 0.0165. The number of urea groups is 1. The van der Waals surface area contributed by atoms with E-state index in [2.05, 4.69) is 39.8 Å². The van der Waals surface area contributed by atoms with Crippen LogP contribution in [-0.2, 0) is 14.3 Å². The number of carbonyl (C=O) groups is 2. The highest BCUT2D eigenvalue weighted by Crippen LogP contribution is 2.36. The minimum Gasteiger partial charge on any atom is -0.466 e. The number of carbonyl (C=O) groups excluding carboxylic acids is 2. The van der Waals surface area contributed by atoms with Gasteiger partial charge in [0.25, 0.3) is 0 Å². The van der Waals surface area contributed by atoms with Gasteiger partial charge in [-0.3, -0.25) is 4.79 Å². The molecule has 1 aliphatic rings. The van der Waals surface area contributed by atoms with E-state index >= 15 is 0 Å². The summed E-state index contributed by atoms with van der Waals surface area (Å²) in [5.74, 6) is -0.740. The number of amides is 2. The van der Waals surface area contributed by atoms with Crippen LogP contribution in [0.1, 0.15) is 49.1 Å². The summed E-state index contributed by atoms with van der Waals surface area (Å²) in [6, 6.07) is 19.8. The normalized spacial score (nSPS) is 14.4. The summed E-state index contributed by atoms with van der Waals surface area (Å²) in [5, 5.41) is 5.71. The van der Waals surface area contributed by atoms with Gasteiger partial charge in [-0.25, -0.2) is 9.18 Å². The second kappa shape index (κ2) is 14.1. The van der Waals surface area contributed by atoms with Gasteiger partial charge < -0.3 is 25.0 Å². The van der Waals surface area contributed by atoms with E-state index in [9.17, 15) is 14.0 Å². The third-order valence-electron chi connectivity index (χ3n) is 7.11. The average Bonchev–Trinajstić information content (AvgIpc) is 2.95. The predicted molar refractivity (Wildman–Crippen MR) is 157 cm³/mol. The lowest BCUT2D eigenvalue weighted by Crippen LogP contribution is -2.34. The number of rotatable bonds is 10. The third-order valence-corrected chi connectivity index (χ3v) is 7.35. The van der Waals surface area contributed by atoms with Crippen LogP contribution in [0.25, 0.3) is 0 Å². The van der Waals surface area contributed by atoms with Gasteiger partial charge in [-0.15, -0.1) is 0 Å². The first-order valence-electron chi connectivity index (χ1n) is 13.5. The number of hydrogen-bond donors (Lipinski definition) is 2. The molecule has 0 bridgehead atoms. The van der Waals surface area contributed by atoms with Gasteiger partial charge in [0.1, 0.15) is 5.82 Å². The Balaban J connectivity index is 1.58. The number of piperidine rings is 1. The van der Waals surface area contributed by atoms with Gasteiger partial charge in [0.15, 0.2) is 0 Å². The summed E-state index contributed by atoms with van der Waals surface area (Å²) in [6.07, 6.45) is 2.09.